The van der Waals surface area contributed by atoms with E-state index in [1.54, 1.807) is 6.07 Å². The van der Waals surface area contributed by atoms with E-state index in [1.165, 1.54) is 5.56 Å². The van der Waals surface area contributed by atoms with Crippen LogP contribution in [0.5, 0.6) is 5.75 Å². The molecule has 0 aromatic heterocycles. The number of phenolic OH excluding ortho intramolecular Hbond substituents is 1. The maximum atomic E-state index is 9.41. The van der Waals surface area contributed by atoms with Gasteiger partial charge in [0.15, 0.2) is 0 Å². The van der Waals surface area contributed by atoms with E-state index in [2.05, 4.69) is 26.1 Å². The first-order chi connectivity index (χ1) is 6.48. The second-order valence-electron chi connectivity index (χ2n) is 4.89. The predicted molar refractivity (Wildman–Crippen MR) is 58.8 cm³/mol. The number of hydrogen-bond donors (Lipinski definition) is 2. The van der Waals surface area contributed by atoms with Crippen molar-refractivity contribution in [2.45, 2.75) is 38.6 Å². The summed E-state index contributed by atoms with van der Waals surface area (Å²) in [6.45, 7) is 6.62. The molecule has 1 aromatic carbocycles. The molecule has 0 aliphatic carbocycles. The van der Waals surface area contributed by atoms with E-state index in [1.807, 2.05) is 12.1 Å². The molecule has 0 saturated heterocycles. The maximum absolute atomic E-state index is 9.41. The number of benzene rings is 1. The Morgan fingerprint density at radius 3 is 2.86 bits per heavy atom. The highest BCUT2D eigenvalue weighted by molar-refractivity contribution is 5.59. The van der Waals surface area contributed by atoms with Crippen LogP contribution in [0.25, 0.3) is 0 Å². The van der Waals surface area contributed by atoms with E-state index < -0.39 is 0 Å². The Kier molecular flexibility index (Phi) is 1.95. The van der Waals surface area contributed by atoms with Gasteiger partial charge < -0.3 is 10.4 Å². The van der Waals surface area contributed by atoms with Crippen molar-refractivity contribution >= 4 is 5.69 Å². The average Bonchev–Trinajstić information content (AvgIpc) is 2.05. The van der Waals surface area contributed by atoms with Gasteiger partial charge in [0.2, 0.25) is 0 Å². The molecular weight excluding hydrogens is 174 g/mol. The lowest BCUT2D eigenvalue weighted by Gasteiger charge is -2.37. The summed E-state index contributed by atoms with van der Waals surface area (Å²) in [4.78, 5) is 0. The molecule has 0 radical (unpaired) electrons. The molecule has 2 rings (SSSR count). The summed E-state index contributed by atoms with van der Waals surface area (Å²) in [5, 5.41) is 12.9. The summed E-state index contributed by atoms with van der Waals surface area (Å²) >= 11 is 0. The van der Waals surface area contributed by atoms with Crippen LogP contribution in [0, 0.1) is 0 Å². The lowest BCUT2D eigenvalue weighted by molar-refractivity contribution is 0.446. The summed E-state index contributed by atoms with van der Waals surface area (Å²) < 4.78 is 0. The number of fused-ring (bicyclic) bond motifs is 1. The second-order valence-corrected chi connectivity index (χ2v) is 4.89. The van der Waals surface area contributed by atoms with E-state index in [4.69, 9.17) is 0 Å². The summed E-state index contributed by atoms with van der Waals surface area (Å²) in [6, 6.07) is 5.56. The van der Waals surface area contributed by atoms with Crippen LogP contribution in [0.3, 0.4) is 0 Å². The molecule has 2 N–H and O–H groups in total. The molecule has 1 heterocycles. The molecule has 14 heavy (non-hydrogen) atoms. The predicted octanol–water partition coefficient (Wildman–Crippen LogP) is 3.09. The van der Waals surface area contributed by atoms with E-state index in [0.717, 1.165) is 12.1 Å². The summed E-state index contributed by atoms with van der Waals surface area (Å²) in [5.41, 5.74) is 2.54. The number of aromatic hydroxyl groups is 1. The van der Waals surface area contributed by atoms with Gasteiger partial charge in [0.05, 0.1) is 0 Å². The molecule has 0 amide bonds. The highest BCUT2D eigenvalue weighted by Gasteiger charge is 2.28. The largest absolute Gasteiger partial charge is 0.508 e. The topological polar surface area (TPSA) is 32.3 Å². The minimum atomic E-state index is 0.156. The van der Waals surface area contributed by atoms with Gasteiger partial charge in [-0.3, -0.25) is 0 Å². The summed E-state index contributed by atoms with van der Waals surface area (Å²) in [7, 11) is 0. The average molecular weight is 191 g/mol. The molecule has 1 aromatic rings. The molecule has 0 spiro atoms. The minimum Gasteiger partial charge on any atom is -0.508 e. The van der Waals surface area contributed by atoms with Gasteiger partial charge in [0, 0.05) is 11.2 Å². The second kappa shape index (κ2) is 2.91. The molecule has 0 bridgehead atoms. The quantitative estimate of drug-likeness (QED) is 0.618. The normalized spacial score (nSPS) is 23.8. The highest BCUT2D eigenvalue weighted by atomic mass is 16.3. The van der Waals surface area contributed by atoms with Crippen LogP contribution in [0.1, 0.15) is 38.7 Å². The molecule has 0 fully saturated rings. The third-order valence-corrected chi connectivity index (χ3v) is 2.86. The number of nitrogens with one attached hydrogen (secondary N) is 1. The van der Waals surface area contributed by atoms with Crippen LogP contribution < -0.4 is 5.32 Å². The van der Waals surface area contributed by atoms with E-state index in [-0.39, 0.29) is 5.54 Å². The molecular formula is C12H17NO. The molecule has 1 aliphatic heterocycles. The smallest absolute Gasteiger partial charge is 0.116 e. The van der Waals surface area contributed by atoms with E-state index in [0.29, 0.717) is 11.7 Å². The Labute approximate surface area is 85.0 Å². The fraction of sp³-hybridized carbons (Fsp3) is 0.500. The first kappa shape index (κ1) is 9.38. The van der Waals surface area contributed by atoms with Crippen LogP contribution >= 0.6 is 0 Å². The molecule has 1 atom stereocenters. The molecule has 2 nitrogen and oxygen atoms in total. The van der Waals surface area contributed by atoms with Crippen LogP contribution in [0.4, 0.5) is 5.69 Å². The molecule has 2 heteroatoms. The van der Waals surface area contributed by atoms with Crippen LogP contribution in [-0.4, -0.2) is 10.6 Å². The van der Waals surface area contributed by atoms with Crippen molar-refractivity contribution in [1.29, 1.82) is 0 Å². The van der Waals surface area contributed by atoms with Gasteiger partial charge in [-0.2, -0.15) is 0 Å². The Hall–Kier alpha value is -1.18. The fourth-order valence-corrected chi connectivity index (χ4v) is 2.36. The fourth-order valence-electron chi connectivity index (χ4n) is 2.36. The van der Waals surface area contributed by atoms with Crippen molar-refractivity contribution in [3.8, 4) is 5.75 Å². The number of anilines is 1. The van der Waals surface area contributed by atoms with Crippen molar-refractivity contribution in [1.82, 2.24) is 0 Å². The highest BCUT2D eigenvalue weighted by Crippen LogP contribution is 2.39. The molecule has 76 valence electrons. The van der Waals surface area contributed by atoms with E-state index in [9.17, 15) is 5.11 Å². The zero-order valence-corrected chi connectivity index (χ0v) is 8.96. The Morgan fingerprint density at radius 2 is 2.14 bits per heavy atom. The standard InChI is InChI=1S/C12H17NO/c1-8-7-12(2,3)13-11-5-4-9(14)6-10(8)11/h4-6,8,13-14H,7H2,1-3H3. The first-order valence-corrected chi connectivity index (χ1v) is 5.09. The van der Waals surface area contributed by atoms with Gasteiger partial charge in [-0.05, 0) is 49.9 Å². The van der Waals surface area contributed by atoms with Crippen molar-refractivity contribution in [2.75, 3.05) is 5.32 Å². The van der Waals surface area contributed by atoms with Gasteiger partial charge >= 0.3 is 0 Å². The van der Waals surface area contributed by atoms with Gasteiger partial charge in [0.25, 0.3) is 0 Å². The van der Waals surface area contributed by atoms with Crippen molar-refractivity contribution in [3.05, 3.63) is 23.8 Å². The minimum absolute atomic E-state index is 0.156. The van der Waals surface area contributed by atoms with Crippen LogP contribution in [0.2, 0.25) is 0 Å². The summed E-state index contributed by atoms with van der Waals surface area (Å²) in [6.07, 6.45) is 1.10. The Bertz CT molecular complexity index is 357. The third-order valence-electron chi connectivity index (χ3n) is 2.86. The van der Waals surface area contributed by atoms with Crippen LogP contribution in [0.15, 0.2) is 18.2 Å². The van der Waals surface area contributed by atoms with Gasteiger partial charge in [-0.25, -0.2) is 0 Å². The third kappa shape index (κ3) is 1.57. The Balaban J connectivity index is 2.45. The lowest BCUT2D eigenvalue weighted by Crippen LogP contribution is -2.36. The lowest BCUT2D eigenvalue weighted by atomic mass is 9.82. The van der Waals surface area contributed by atoms with Crippen molar-refractivity contribution in [2.24, 2.45) is 0 Å². The summed E-state index contributed by atoms with van der Waals surface area (Å²) in [5.74, 6) is 0.866. The van der Waals surface area contributed by atoms with Gasteiger partial charge in [0.1, 0.15) is 5.75 Å². The maximum Gasteiger partial charge on any atom is 0.116 e. The monoisotopic (exact) mass is 191 g/mol. The number of rotatable bonds is 0. The molecule has 1 aliphatic rings. The number of phenols is 1. The van der Waals surface area contributed by atoms with Crippen molar-refractivity contribution < 1.29 is 5.11 Å². The van der Waals surface area contributed by atoms with Gasteiger partial charge in [-0.1, -0.05) is 6.92 Å². The van der Waals surface area contributed by atoms with Crippen molar-refractivity contribution in [3.63, 3.8) is 0 Å². The zero-order chi connectivity index (χ0) is 10.3. The van der Waals surface area contributed by atoms with E-state index >= 15 is 0 Å². The Morgan fingerprint density at radius 1 is 1.43 bits per heavy atom. The molecule has 1 unspecified atom stereocenters. The zero-order valence-electron chi connectivity index (χ0n) is 8.96. The number of hydrogen-bond acceptors (Lipinski definition) is 2. The molecule has 0 saturated carbocycles. The SMILES string of the molecule is CC1CC(C)(C)Nc2ccc(O)cc21. The van der Waals surface area contributed by atoms with Gasteiger partial charge in [-0.15, -0.1) is 0 Å². The van der Waals surface area contributed by atoms with Crippen LogP contribution in [-0.2, 0) is 0 Å². The first-order valence-electron chi connectivity index (χ1n) is 5.09.